The molecule has 8 heteroatoms. The first-order valence-corrected chi connectivity index (χ1v) is 9.71. The Morgan fingerprint density at radius 3 is 2.19 bits per heavy atom. The number of sulfonamides is 1. The standard InChI is InChI=1S/C18H19F3N2O2S/c1-13-4-7-15(8-5-13)26(24,25)22-16-12-14(18(19,20)21)6-9-17(16)23-10-2-3-11-23/h4-9,12,22H,2-3,10-11H2,1H3. The minimum atomic E-state index is -4.55. The van der Waals surface area contributed by atoms with Gasteiger partial charge in [0.2, 0.25) is 0 Å². The Balaban J connectivity index is 2.01. The van der Waals surface area contributed by atoms with Crippen molar-refractivity contribution in [3.63, 3.8) is 0 Å². The van der Waals surface area contributed by atoms with Gasteiger partial charge in [-0.05, 0) is 50.1 Å². The van der Waals surface area contributed by atoms with E-state index in [0.717, 1.165) is 30.5 Å². The second-order valence-electron chi connectivity index (χ2n) is 6.34. The summed E-state index contributed by atoms with van der Waals surface area (Å²) in [5, 5.41) is 0. The average Bonchev–Trinajstić information content (AvgIpc) is 3.08. The first kappa shape index (κ1) is 18.6. The summed E-state index contributed by atoms with van der Waals surface area (Å²) in [4.78, 5) is 1.90. The van der Waals surface area contributed by atoms with Crippen molar-refractivity contribution < 1.29 is 21.6 Å². The molecule has 1 fully saturated rings. The molecule has 0 bridgehead atoms. The zero-order valence-corrected chi connectivity index (χ0v) is 15.0. The van der Waals surface area contributed by atoms with Crippen molar-refractivity contribution in [2.45, 2.75) is 30.8 Å². The molecule has 1 aliphatic rings. The Morgan fingerprint density at radius 1 is 1.00 bits per heavy atom. The zero-order valence-electron chi connectivity index (χ0n) is 14.2. The molecule has 1 aliphatic heterocycles. The SMILES string of the molecule is Cc1ccc(S(=O)(=O)Nc2cc(C(F)(F)F)ccc2N2CCCC2)cc1. The Morgan fingerprint density at radius 2 is 1.62 bits per heavy atom. The molecule has 0 atom stereocenters. The van der Waals surface area contributed by atoms with E-state index >= 15 is 0 Å². The van der Waals surface area contributed by atoms with Crippen LogP contribution in [0.25, 0.3) is 0 Å². The van der Waals surface area contributed by atoms with E-state index in [0.29, 0.717) is 18.8 Å². The molecule has 0 aromatic heterocycles. The van der Waals surface area contributed by atoms with Crippen LogP contribution in [0.5, 0.6) is 0 Å². The lowest BCUT2D eigenvalue weighted by atomic mass is 10.1. The predicted molar refractivity (Wildman–Crippen MR) is 94.9 cm³/mol. The van der Waals surface area contributed by atoms with E-state index in [-0.39, 0.29) is 10.6 Å². The molecule has 1 heterocycles. The van der Waals surface area contributed by atoms with Gasteiger partial charge in [-0.15, -0.1) is 0 Å². The molecule has 2 aromatic rings. The summed E-state index contributed by atoms with van der Waals surface area (Å²) >= 11 is 0. The molecular formula is C18H19F3N2O2S. The van der Waals surface area contributed by atoms with E-state index in [2.05, 4.69) is 4.72 Å². The maximum Gasteiger partial charge on any atom is 0.416 e. The minimum Gasteiger partial charge on any atom is -0.370 e. The first-order chi connectivity index (χ1) is 12.2. The fourth-order valence-electron chi connectivity index (χ4n) is 2.95. The van der Waals surface area contributed by atoms with Crippen LogP contribution >= 0.6 is 0 Å². The Labute approximate surface area is 150 Å². The molecule has 1 N–H and O–H groups in total. The molecule has 0 aliphatic carbocycles. The van der Waals surface area contributed by atoms with Crippen molar-refractivity contribution in [3.05, 3.63) is 53.6 Å². The van der Waals surface area contributed by atoms with Gasteiger partial charge in [0.25, 0.3) is 10.0 Å². The van der Waals surface area contributed by atoms with E-state index in [1.807, 2.05) is 11.8 Å². The van der Waals surface area contributed by atoms with Crippen molar-refractivity contribution in [1.29, 1.82) is 0 Å². The number of hydrogen-bond donors (Lipinski definition) is 1. The van der Waals surface area contributed by atoms with Gasteiger partial charge in [0.15, 0.2) is 0 Å². The highest BCUT2D eigenvalue weighted by atomic mass is 32.2. The van der Waals surface area contributed by atoms with Crippen LogP contribution in [0, 0.1) is 6.92 Å². The van der Waals surface area contributed by atoms with Gasteiger partial charge in [0.1, 0.15) is 0 Å². The second-order valence-corrected chi connectivity index (χ2v) is 8.02. The molecule has 0 radical (unpaired) electrons. The fourth-order valence-corrected chi connectivity index (χ4v) is 4.01. The van der Waals surface area contributed by atoms with Crippen molar-refractivity contribution in [2.75, 3.05) is 22.7 Å². The average molecular weight is 384 g/mol. The zero-order chi connectivity index (χ0) is 18.9. The van der Waals surface area contributed by atoms with Crippen LogP contribution in [0.4, 0.5) is 24.5 Å². The number of halogens is 3. The topological polar surface area (TPSA) is 49.4 Å². The molecule has 0 spiro atoms. The highest BCUT2D eigenvalue weighted by molar-refractivity contribution is 7.92. The lowest BCUT2D eigenvalue weighted by Gasteiger charge is -2.23. The monoisotopic (exact) mass is 384 g/mol. The summed E-state index contributed by atoms with van der Waals surface area (Å²) in [5.74, 6) is 0. The number of anilines is 2. The summed E-state index contributed by atoms with van der Waals surface area (Å²) in [6.45, 7) is 3.19. The third kappa shape index (κ3) is 3.95. The molecule has 1 saturated heterocycles. The summed E-state index contributed by atoms with van der Waals surface area (Å²) in [7, 11) is -3.99. The summed E-state index contributed by atoms with van der Waals surface area (Å²) in [5.41, 5.74) is 0.413. The summed E-state index contributed by atoms with van der Waals surface area (Å²) in [6, 6.07) is 9.32. The van der Waals surface area contributed by atoms with Gasteiger partial charge in [0, 0.05) is 13.1 Å². The number of rotatable bonds is 4. The van der Waals surface area contributed by atoms with E-state index < -0.39 is 21.8 Å². The molecule has 2 aromatic carbocycles. The Hall–Kier alpha value is -2.22. The molecule has 0 amide bonds. The van der Waals surface area contributed by atoms with E-state index in [4.69, 9.17) is 0 Å². The van der Waals surface area contributed by atoms with Crippen molar-refractivity contribution in [1.82, 2.24) is 0 Å². The maximum atomic E-state index is 13.1. The number of benzene rings is 2. The van der Waals surface area contributed by atoms with Crippen molar-refractivity contribution in [3.8, 4) is 0 Å². The van der Waals surface area contributed by atoms with Crippen LogP contribution in [0.1, 0.15) is 24.0 Å². The third-order valence-electron chi connectivity index (χ3n) is 4.35. The minimum absolute atomic E-state index is 0.00730. The molecule has 0 unspecified atom stereocenters. The molecule has 4 nitrogen and oxygen atoms in total. The predicted octanol–water partition coefficient (Wildman–Crippen LogP) is 4.41. The van der Waals surface area contributed by atoms with Crippen LogP contribution in [0.3, 0.4) is 0 Å². The van der Waals surface area contributed by atoms with Gasteiger partial charge >= 0.3 is 6.18 Å². The normalized spacial score (nSPS) is 15.3. The quantitative estimate of drug-likeness (QED) is 0.849. The molecule has 26 heavy (non-hydrogen) atoms. The summed E-state index contributed by atoms with van der Waals surface area (Å²) in [6.07, 6.45) is -2.70. The smallest absolute Gasteiger partial charge is 0.370 e. The third-order valence-corrected chi connectivity index (χ3v) is 5.73. The van der Waals surface area contributed by atoms with Crippen LogP contribution in [0.2, 0.25) is 0 Å². The number of hydrogen-bond acceptors (Lipinski definition) is 3. The number of nitrogens with zero attached hydrogens (tertiary/aromatic N) is 1. The van der Waals surface area contributed by atoms with Gasteiger partial charge in [-0.2, -0.15) is 13.2 Å². The highest BCUT2D eigenvalue weighted by Gasteiger charge is 2.32. The Kier molecular flexibility index (Phi) is 4.88. The van der Waals surface area contributed by atoms with Crippen molar-refractivity contribution >= 4 is 21.4 Å². The van der Waals surface area contributed by atoms with Gasteiger partial charge in [-0.1, -0.05) is 17.7 Å². The van der Waals surface area contributed by atoms with Gasteiger partial charge in [0.05, 0.1) is 21.8 Å². The summed E-state index contributed by atoms with van der Waals surface area (Å²) < 4.78 is 66.9. The lowest BCUT2D eigenvalue weighted by Crippen LogP contribution is -2.22. The molecular weight excluding hydrogens is 365 g/mol. The molecule has 140 valence electrons. The van der Waals surface area contributed by atoms with Crippen molar-refractivity contribution in [2.24, 2.45) is 0 Å². The van der Waals surface area contributed by atoms with Gasteiger partial charge < -0.3 is 4.90 Å². The largest absolute Gasteiger partial charge is 0.416 e. The van der Waals surface area contributed by atoms with Crippen LogP contribution < -0.4 is 9.62 Å². The lowest BCUT2D eigenvalue weighted by molar-refractivity contribution is -0.137. The van der Waals surface area contributed by atoms with Crippen LogP contribution in [-0.4, -0.2) is 21.5 Å². The number of alkyl halides is 3. The Bertz CT molecular complexity index is 888. The fraction of sp³-hybridized carbons (Fsp3) is 0.333. The maximum absolute atomic E-state index is 13.1. The number of nitrogens with one attached hydrogen (secondary N) is 1. The first-order valence-electron chi connectivity index (χ1n) is 8.22. The van der Waals surface area contributed by atoms with Gasteiger partial charge in [-0.25, -0.2) is 8.42 Å². The highest BCUT2D eigenvalue weighted by Crippen LogP contribution is 2.37. The second kappa shape index (κ2) is 6.83. The van der Waals surface area contributed by atoms with Crippen LogP contribution in [-0.2, 0) is 16.2 Å². The van der Waals surface area contributed by atoms with Crippen LogP contribution in [0.15, 0.2) is 47.4 Å². The van der Waals surface area contributed by atoms with E-state index in [9.17, 15) is 21.6 Å². The molecule has 0 saturated carbocycles. The number of aryl methyl sites for hydroxylation is 1. The van der Waals surface area contributed by atoms with E-state index in [1.54, 1.807) is 12.1 Å². The molecule has 3 rings (SSSR count). The van der Waals surface area contributed by atoms with E-state index in [1.165, 1.54) is 18.2 Å². The van der Waals surface area contributed by atoms with Gasteiger partial charge in [-0.3, -0.25) is 4.72 Å².